The van der Waals surface area contributed by atoms with Gasteiger partial charge < -0.3 is 30.3 Å². The third-order valence-electron chi connectivity index (χ3n) is 6.59. The molecule has 4 aliphatic rings. The van der Waals surface area contributed by atoms with Crippen molar-refractivity contribution < 1.29 is 35.1 Å². The van der Waals surface area contributed by atoms with E-state index < -0.39 is 41.7 Å². The van der Waals surface area contributed by atoms with Gasteiger partial charge in [0.05, 0.1) is 17.8 Å². The van der Waals surface area contributed by atoms with Crippen LogP contribution in [0.3, 0.4) is 0 Å². The number of phenolic OH excluding ortho intramolecular Hbond substituents is 2. The molecule has 0 amide bonds. The molecule has 7 nitrogen and oxygen atoms in total. The molecule has 1 fully saturated rings. The molecule has 1 heterocycles. The molecule has 3 aliphatic carbocycles. The van der Waals surface area contributed by atoms with Crippen molar-refractivity contribution in [2.45, 2.75) is 42.4 Å². The molecule has 27 heavy (non-hydrogen) atoms. The first kappa shape index (κ1) is 15.6. The molecular weight excluding hydrogens is 352 g/mol. The van der Waals surface area contributed by atoms with Crippen LogP contribution < -0.4 is 0 Å². The van der Waals surface area contributed by atoms with Crippen LogP contribution in [-0.4, -0.2) is 49.6 Å². The quantitative estimate of drug-likeness (QED) is 0.435. The molecule has 1 saturated heterocycles. The smallest absolute Gasteiger partial charge is 0.169 e. The number of fused-ring (bicyclic) bond motifs is 4. The maximum Gasteiger partial charge on any atom is 0.169 e. The molecule has 0 aromatic heterocycles. The Kier molecular flexibility index (Phi) is 2.60. The van der Waals surface area contributed by atoms with Gasteiger partial charge in [-0.1, -0.05) is 12.1 Å². The number of hydrogen-bond donors (Lipinski definition) is 5. The summed E-state index contributed by atoms with van der Waals surface area (Å²) in [6, 6.07) is 6.09. The van der Waals surface area contributed by atoms with E-state index in [2.05, 4.69) is 0 Å². The Morgan fingerprint density at radius 2 is 1.67 bits per heavy atom. The number of phenols is 2. The molecule has 6 atom stereocenters. The van der Waals surface area contributed by atoms with Gasteiger partial charge in [0.1, 0.15) is 29.3 Å². The standard InChI is InChI=1S/C20H16O7/c21-8-4-2-7-6-1-3-9(22)14-12(6)16(18-19(27-18)17(14)25)20(26)11(24)5-10(23)13(8)15(7)20/h1-4,11,16-19,21-22,24-26H,5H2/t11-,16-,17-,18-,19-,20+/m1/s1. The fourth-order valence-corrected chi connectivity index (χ4v) is 5.44. The van der Waals surface area contributed by atoms with Crippen molar-refractivity contribution in [1.29, 1.82) is 0 Å². The number of ether oxygens (including phenoxy) is 1. The highest BCUT2D eigenvalue weighted by Gasteiger charge is 2.67. The number of rotatable bonds is 0. The predicted octanol–water partition coefficient (Wildman–Crippen LogP) is 0.811. The van der Waals surface area contributed by atoms with E-state index >= 15 is 0 Å². The van der Waals surface area contributed by atoms with Crippen molar-refractivity contribution in [3.63, 3.8) is 0 Å². The number of aliphatic hydroxyl groups excluding tert-OH is 2. The van der Waals surface area contributed by atoms with Gasteiger partial charge in [-0.3, -0.25) is 4.79 Å². The van der Waals surface area contributed by atoms with E-state index in [0.717, 1.165) is 0 Å². The van der Waals surface area contributed by atoms with Crippen LogP contribution in [0.1, 0.15) is 45.5 Å². The Morgan fingerprint density at radius 1 is 0.963 bits per heavy atom. The van der Waals surface area contributed by atoms with Crippen LogP contribution in [0, 0.1) is 0 Å². The number of aliphatic hydroxyl groups is 3. The zero-order valence-corrected chi connectivity index (χ0v) is 14.0. The lowest BCUT2D eigenvalue weighted by atomic mass is 9.57. The topological polar surface area (TPSA) is 131 Å². The molecule has 5 N–H and O–H groups in total. The van der Waals surface area contributed by atoms with E-state index in [-0.39, 0.29) is 34.6 Å². The summed E-state index contributed by atoms with van der Waals surface area (Å²) in [5, 5.41) is 53.8. The monoisotopic (exact) mass is 368 g/mol. The van der Waals surface area contributed by atoms with Crippen molar-refractivity contribution in [2.75, 3.05) is 0 Å². The summed E-state index contributed by atoms with van der Waals surface area (Å²) in [7, 11) is 0. The molecule has 1 aliphatic heterocycles. The molecular formula is C20H16O7. The predicted molar refractivity (Wildman–Crippen MR) is 90.4 cm³/mol. The highest BCUT2D eigenvalue weighted by Crippen LogP contribution is 2.65. The summed E-state index contributed by atoms with van der Waals surface area (Å²) >= 11 is 0. The molecule has 7 heteroatoms. The normalized spacial score (nSPS) is 37.3. The fourth-order valence-electron chi connectivity index (χ4n) is 5.44. The summed E-state index contributed by atoms with van der Waals surface area (Å²) < 4.78 is 5.62. The fraction of sp³-hybridized carbons (Fsp3) is 0.350. The number of Topliss-reactive ketones (excluding diaryl/α,β-unsaturated/α-hetero) is 1. The van der Waals surface area contributed by atoms with Crippen molar-refractivity contribution in [1.82, 2.24) is 0 Å². The van der Waals surface area contributed by atoms with Crippen LogP contribution in [-0.2, 0) is 10.3 Å². The third kappa shape index (κ3) is 1.57. The van der Waals surface area contributed by atoms with Gasteiger partial charge in [0.25, 0.3) is 0 Å². The van der Waals surface area contributed by atoms with Crippen LogP contribution in [0.2, 0.25) is 0 Å². The van der Waals surface area contributed by atoms with Gasteiger partial charge in [-0.2, -0.15) is 0 Å². The number of epoxide rings is 1. The first-order chi connectivity index (χ1) is 12.9. The largest absolute Gasteiger partial charge is 0.508 e. The first-order valence-corrected chi connectivity index (χ1v) is 8.85. The number of ketones is 1. The molecule has 138 valence electrons. The minimum atomic E-state index is -1.87. The molecule has 0 saturated carbocycles. The average Bonchev–Trinajstić information content (AvgIpc) is 3.41. The van der Waals surface area contributed by atoms with Crippen LogP contribution >= 0.6 is 0 Å². The van der Waals surface area contributed by atoms with Gasteiger partial charge >= 0.3 is 0 Å². The van der Waals surface area contributed by atoms with Crippen molar-refractivity contribution in [3.05, 3.63) is 46.5 Å². The van der Waals surface area contributed by atoms with E-state index in [1.807, 2.05) is 0 Å². The van der Waals surface area contributed by atoms with E-state index in [1.165, 1.54) is 12.1 Å². The van der Waals surface area contributed by atoms with E-state index in [4.69, 9.17) is 4.74 Å². The maximum atomic E-state index is 12.5. The van der Waals surface area contributed by atoms with E-state index in [1.54, 1.807) is 12.1 Å². The van der Waals surface area contributed by atoms with Crippen LogP contribution in [0.15, 0.2) is 24.3 Å². The molecule has 2 aromatic carbocycles. The van der Waals surface area contributed by atoms with Gasteiger partial charge in [-0.15, -0.1) is 0 Å². The number of carbonyl (C=O) groups excluding carboxylic acids is 1. The maximum absolute atomic E-state index is 12.5. The summed E-state index contributed by atoms with van der Waals surface area (Å²) in [6.45, 7) is 0. The number of aromatic hydroxyl groups is 2. The Balaban J connectivity index is 1.80. The highest BCUT2D eigenvalue weighted by atomic mass is 16.6. The lowest BCUT2D eigenvalue weighted by Crippen LogP contribution is -2.54. The molecule has 0 unspecified atom stereocenters. The number of carbonyl (C=O) groups is 1. The zero-order valence-electron chi connectivity index (χ0n) is 14.0. The second-order valence-corrected chi connectivity index (χ2v) is 7.80. The summed E-state index contributed by atoms with van der Waals surface area (Å²) in [6.07, 6.45) is -3.92. The van der Waals surface area contributed by atoms with Crippen molar-refractivity contribution in [3.8, 4) is 22.6 Å². The molecule has 0 radical (unpaired) electrons. The first-order valence-electron chi connectivity index (χ1n) is 8.85. The molecule has 2 aromatic rings. The van der Waals surface area contributed by atoms with E-state index in [9.17, 15) is 30.3 Å². The lowest BCUT2D eigenvalue weighted by Gasteiger charge is -2.49. The second-order valence-electron chi connectivity index (χ2n) is 7.80. The molecule has 0 spiro atoms. The second kappa shape index (κ2) is 4.51. The van der Waals surface area contributed by atoms with Crippen molar-refractivity contribution >= 4 is 5.78 Å². The molecule has 6 rings (SSSR count). The lowest BCUT2D eigenvalue weighted by molar-refractivity contribution is -0.109. The van der Waals surface area contributed by atoms with Crippen LogP contribution in [0.25, 0.3) is 11.1 Å². The van der Waals surface area contributed by atoms with Gasteiger partial charge in [0.15, 0.2) is 5.78 Å². The van der Waals surface area contributed by atoms with Gasteiger partial charge in [-0.25, -0.2) is 0 Å². The van der Waals surface area contributed by atoms with Gasteiger partial charge in [0, 0.05) is 23.5 Å². The van der Waals surface area contributed by atoms with E-state index in [0.29, 0.717) is 16.7 Å². The van der Waals surface area contributed by atoms with Crippen molar-refractivity contribution in [2.24, 2.45) is 0 Å². The SMILES string of the molecule is O=C1C[C@@H](O)[C@]2(O)c3c(ccc(O)c31)-c1ccc(O)c3c1[C@@H]2[C@H]1O[C@@H]1[C@@H]3O. The van der Waals surface area contributed by atoms with Crippen LogP contribution in [0.5, 0.6) is 11.5 Å². The van der Waals surface area contributed by atoms with Gasteiger partial charge in [-0.05, 0) is 28.8 Å². The summed E-state index contributed by atoms with van der Waals surface area (Å²) in [4.78, 5) is 12.5. The summed E-state index contributed by atoms with van der Waals surface area (Å²) in [5.74, 6) is -1.55. The summed E-state index contributed by atoms with van der Waals surface area (Å²) in [5.41, 5.74) is 0.303. The Bertz CT molecular complexity index is 1060. The Labute approximate surface area is 153 Å². The van der Waals surface area contributed by atoms with Gasteiger partial charge in [0.2, 0.25) is 0 Å². The zero-order chi connectivity index (χ0) is 18.8. The highest BCUT2D eigenvalue weighted by molar-refractivity contribution is 6.05. The van der Waals surface area contributed by atoms with Crippen LogP contribution in [0.4, 0.5) is 0 Å². The number of benzene rings is 2. The average molecular weight is 368 g/mol. The third-order valence-corrected chi connectivity index (χ3v) is 6.59. The number of hydrogen-bond acceptors (Lipinski definition) is 7. The Morgan fingerprint density at radius 3 is 2.44 bits per heavy atom. The molecule has 0 bridgehead atoms. The Hall–Kier alpha value is -2.45. The minimum absolute atomic E-state index is 0.0175. The minimum Gasteiger partial charge on any atom is -0.508 e.